The summed E-state index contributed by atoms with van der Waals surface area (Å²) < 4.78 is 38.8. The monoisotopic (exact) mass is 476 g/mol. The zero-order valence-corrected chi connectivity index (χ0v) is 19.6. The van der Waals surface area contributed by atoms with Gasteiger partial charge in [-0.3, -0.25) is 4.79 Å². The van der Waals surface area contributed by atoms with Gasteiger partial charge in [-0.05, 0) is 61.1 Å². The molecule has 1 fully saturated rings. The number of anilines is 3. The number of alkyl halides is 3. The first-order valence-electron chi connectivity index (χ1n) is 11.5. The molecule has 1 aliphatic rings. The molecule has 1 aliphatic heterocycles. The Hall–Kier alpha value is -3.23. The largest absolute Gasteiger partial charge is 0.416 e. The van der Waals surface area contributed by atoms with E-state index in [0.717, 1.165) is 43.8 Å². The van der Waals surface area contributed by atoms with Crippen molar-refractivity contribution in [3.63, 3.8) is 0 Å². The molecule has 2 aromatic carbocycles. The number of hydrogen-bond donors (Lipinski definition) is 3. The number of amides is 3. The molecule has 0 unspecified atom stereocenters. The zero-order chi connectivity index (χ0) is 24.9. The van der Waals surface area contributed by atoms with Gasteiger partial charge in [-0.1, -0.05) is 26.8 Å². The lowest BCUT2D eigenvalue weighted by molar-refractivity contribution is -0.137. The van der Waals surface area contributed by atoms with E-state index in [9.17, 15) is 22.8 Å². The van der Waals surface area contributed by atoms with E-state index in [-0.39, 0.29) is 17.5 Å². The number of nitrogens with zero attached hydrogens (tertiary/aromatic N) is 1. The van der Waals surface area contributed by atoms with Crippen molar-refractivity contribution in [3.8, 4) is 0 Å². The molecule has 2 aromatic rings. The molecule has 3 N–H and O–H groups in total. The van der Waals surface area contributed by atoms with Gasteiger partial charge in [0.05, 0.1) is 11.1 Å². The molecule has 34 heavy (non-hydrogen) atoms. The summed E-state index contributed by atoms with van der Waals surface area (Å²) in [6.07, 6.45) is -2.44. The predicted octanol–water partition coefficient (Wildman–Crippen LogP) is 5.97. The van der Waals surface area contributed by atoms with Crippen LogP contribution in [0.5, 0.6) is 0 Å². The minimum atomic E-state index is -4.51. The molecule has 184 valence electrons. The smallest absolute Gasteiger partial charge is 0.371 e. The second-order valence-corrected chi connectivity index (χ2v) is 9.16. The average Bonchev–Trinajstić information content (AvgIpc) is 2.77. The van der Waals surface area contributed by atoms with Crippen LogP contribution in [0.25, 0.3) is 0 Å². The van der Waals surface area contributed by atoms with E-state index in [1.807, 2.05) is 13.8 Å². The quantitative estimate of drug-likeness (QED) is 0.481. The van der Waals surface area contributed by atoms with E-state index < -0.39 is 17.8 Å². The van der Waals surface area contributed by atoms with Crippen molar-refractivity contribution < 1.29 is 22.8 Å². The Labute approximate surface area is 197 Å². The van der Waals surface area contributed by atoms with Gasteiger partial charge in [-0.15, -0.1) is 0 Å². The SMILES string of the molecule is CC(C)CNC(=O)c1cc(NC(=O)Nc2cccc(C(F)(F)F)c2)ccc1N1CCC(C)CC1. The van der Waals surface area contributed by atoms with Gasteiger partial charge in [0.25, 0.3) is 5.91 Å². The number of urea groups is 1. The molecule has 3 rings (SSSR count). The number of nitrogens with one attached hydrogen (secondary N) is 3. The summed E-state index contributed by atoms with van der Waals surface area (Å²) in [7, 11) is 0. The van der Waals surface area contributed by atoms with E-state index >= 15 is 0 Å². The van der Waals surface area contributed by atoms with Crippen molar-refractivity contribution in [1.29, 1.82) is 0 Å². The molecule has 0 atom stereocenters. The standard InChI is InChI=1S/C25H31F3N4O2/c1-16(2)15-29-23(33)21-14-20(7-8-22(21)32-11-9-17(3)10-12-32)31-24(34)30-19-6-4-5-18(13-19)25(26,27)28/h4-8,13-14,16-17H,9-12,15H2,1-3H3,(H,29,33)(H2,30,31,34). The fourth-order valence-corrected chi connectivity index (χ4v) is 3.78. The van der Waals surface area contributed by atoms with Gasteiger partial charge in [0.2, 0.25) is 0 Å². The Bertz CT molecular complexity index is 1020. The fourth-order valence-electron chi connectivity index (χ4n) is 3.78. The van der Waals surface area contributed by atoms with E-state index in [1.54, 1.807) is 18.2 Å². The third-order valence-electron chi connectivity index (χ3n) is 5.74. The Balaban J connectivity index is 1.78. The highest BCUT2D eigenvalue weighted by atomic mass is 19.4. The third kappa shape index (κ3) is 6.88. The van der Waals surface area contributed by atoms with Crippen LogP contribution in [-0.4, -0.2) is 31.6 Å². The molecule has 3 amide bonds. The molecule has 1 saturated heterocycles. The second-order valence-electron chi connectivity index (χ2n) is 9.16. The minimum absolute atomic E-state index is 0.0151. The first-order chi connectivity index (χ1) is 16.0. The number of rotatable bonds is 6. The van der Waals surface area contributed by atoms with Gasteiger partial charge in [0.15, 0.2) is 0 Å². The summed E-state index contributed by atoms with van der Waals surface area (Å²) in [5, 5.41) is 7.96. The maximum absolute atomic E-state index is 13.0. The van der Waals surface area contributed by atoms with Crippen molar-refractivity contribution in [2.24, 2.45) is 11.8 Å². The number of hydrogen-bond acceptors (Lipinski definition) is 3. The molecule has 6 nitrogen and oxygen atoms in total. The summed E-state index contributed by atoms with van der Waals surface area (Å²) >= 11 is 0. The van der Waals surface area contributed by atoms with E-state index in [1.165, 1.54) is 12.1 Å². The lowest BCUT2D eigenvalue weighted by Gasteiger charge is -2.33. The number of carbonyl (C=O) groups excluding carboxylic acids is 2. The first kappa shape index (κ1) is 25.4. The van der Waals surface area contributed by atoms with Crippen molar-refractivity contribution in [1.82, 2.24) is 5.32 Å². The van der Waals surface area contributed by atoms with Gasteiger partial charge in [-0.2, -0.15) is 13.2 Å². The maximum atomic E-state index is 13.0. The summed E-state index contributed by atoms with van der Waals surface area (Å²) in [5.41, 5.74) is 0.785. The second kappa shape index (κ2) is 10.8. The molecule has 0 spiro atoms. The van der Waals surface area contributed by atoms with Crippen LogP contribution in [0, 0.1) is 11.8 Å². The zero-order valence-electron chi connectivity index (χ0n) is 19.6. The van der Waals surface area contributed by atoms with E-state index in [2.05, 4.69) is 27.8 Å². The highest BCUT2D eigenvalue weighted by Gasteiger charge is 2.30. The number of halogens is 3. The molecule has 0 aliphatic carbocycles. The molecule has 0 radical (unpaired) electrons. The molecular formula is C25H31F3N4O2. The Morgan fingerprint density at radius 3 is 2.29 bits per heavy atom. The van der Waals surface area contributed by atoms with Crippen LogP contribution in [0.1, 0.15) is 49.5 Å². The summed E-state index contributed by atoms with van der Waals surface area (Å²) in [6, 6.07) is 8.81. The number of benzene rings is 2. The van der Waals surface area contributed by atoms with Crippen LogP contribution in [0.15, 0.2) is 42.5 Å². The van der Waals surface area contributed by atoms with Crippen LogP contribution in [0.4, 0.5) is 35.0 Å². The average molecular weight is 477 g/mol. The first-order valence-corrected chi connectivity index (χ1v) is 11.5. The molecular weight excluding hydrogens is 445 g/mol. The van der Waals surface area contributed by atoms with Crippen molar-refractivity contribution >= 4 is 29.0 Å². The van der Waals surface area contributed by atoms with Crippen LogP contribution < -0.4 is 20.9 Å². The molecule has 0 saturated carbocycles. The Morgan fingerprint density at radius 2 is 1.68 bits per heavy atom. The fraction of sp³-hybridized carbons (Fsp3) is 0.440. The topological polar surface area (TPSA) is 73.5 Å². The highest BCUT2D eigenvalue weighted by molar-refractivity contribution is 6.04. The Morgan fingerprint density at radius 1 is 1.03 bits per heavy atom. The predicted molar refractivity (Wildman–Crippen MR) is 128 cm³/mol. The molecule has 0 bridgehead atoms. The number of carbonyl (C=O) groups is 2. The van der Waals surface area contributed by atoms with Gasteiger partial charge in [0, 0.05) is 36.7 Å². The third-order valence-corrected chi connectivity index (χ3v) is 5.74. The van der Waals surface area contributed by atoms with Crippen molar-refractivity contribution in [3.05, 3.63) is 53.6 Å². The summed E-state index contributed by atoms with van der Waals surface area (Å²) in [4.78, 5) is 27.6. The lowest BCUT2D eigenvalue weighted by Crippen LogP contribution is -2.35. The highest BCUT2D eigenvalue weighted by Crippen LogP contribution is 2.31. The van der Waals surface area contributed by atoms with Crippen molar-refractivity contribution in [2.45, 2.75) is 39.8 Å². The van der Waals surface area contributed by atoms with E-state index in [0.29, 0.717) is 23.7 Å². The number of piperidine rings is 1. The lowest BCUT2D eigenvalue weighted by atomic mass is 9.97. The molecule has 9 heteroatoms. The van der Waals surface area contributed by atoms with Crippen LogP contribution in [0.3, 0.4) is 0 Å². The van der Waals surface area contributed by atoms with Crippen LogP contribution in [0.2, 0.25) is 0 Å². The van der Waals surface area contributed by atoms with Gasteiger partial charge in [0.1, 0.15) is 0 Å². The Kier molecular flexibility index (Phi) is 8.06. The molecule has 0 aromatic heterocycles. The van der Waals surface area contributed by atoms with Crippen LogP contribution in [-0.2, 0) is 6.18 Å². The maximum Gasteiger partial charge on any atom is 0.416 e. The summed E-state index contributed by atoms with van der Waals surface area (Å²) in [5.74, 6) is 0.682. The van der Waals surface area contributed by atoms with Gasteiger partial charge in [-0.25, -0.2) is 4.79 Å². The van der Waals surface area contributed by atoms with Crippen molar-refractivity contribution in [2.75, 3.05) is 35.2 Å². The summed E-state index contributed by atoms with van der Waals surface area (Å²) in [6.45, 7) is 8.42. The minimum Gasteiger partial charge on any atom is -0.371 e. The normalized spacial score (nSPS) is 14.7. The van der Waals surface area contributed by atoms with Gasteiger partial charge >= 0.3 is 12.2 Å². The molecule has 1 heterocycles. The van der Waals surface area contributed by atoms with Gasteiger partial charge < -0.3 is 20.9 Å². The van der Waals surface area contributed by atoms with Crippen LogP contribution >= 0.6 is 0 Å². The van der Waals surface area contributed by atoms with E-state index in [4.69, 9.17) is 0 Å².